The third-order valence-electron chi connectivity index (χ3n) is 4.77. The van der Waals surface area contributed by atoms with E-state index in [1.165, 1.54) is 18.4 Å². The molecule has 3 rings (SSSR count). The van der Waals surface area contributed by atoms with Crippen LogP contribution in [0.3, 0.4) is 0 Å². The zero-order chi connectivity index (χ0) is 12.1. The van der Waals surface area contributed by atoms with Gasteiger partial charge >= 0.3 is 0 Å². The van der Waals surface area contributed by atoms with Crippen LogP contribution >= 0.6 is 11.6 Å². The number of epoxide rings is 1. The molecule has 2 heteroatoms. The second-order valence-corrected chi connectivity index (χ2v) is 6.56. The molecule has 1 spiro atoms. The lowest BCUT2D eigenvalue weighted by atomic mass is 9.77. The average Bonchev–Trinajstić information content (AvgIpc) is 3.04. The van der Waals surface area contributed by atoms with Crippen molar-refractivity contribution < 1.29 is 4.74 Å². The Balaban J connectivity index is 1.77. The summed E-state index contributed by atoms with van der Waals surface area (Å²) in [7, 11) is 0. The molecule has 2 atom stereocenters. The summed E-state index contributed by atoms with van der Waals surface area (Å²) in [6.07, 6.45) is 3.70. The van der Waals surface area contributed by atoms with Crippen LogP contribution in [0.25, 0.3) is 0 Å². The van der Waals surface area contributed by atoms with E-state index in [-0.39, 0.29) is 5.60 Å². The Morgan fingerprint density at radius 2 is 1.94 bits per heavy atom. The SMILES string of the molecule is CC1(C)CCC(Cc2ccc(Cl)cc2)[C@@]12CO2. The van der Waals surface area contributed by atoms with Gasteiger partial charge in [-0.25, -0.2) is 0 Å². The maximum atomic E-state index is 5.92. The first-order valence-electron chi connectivity index (χ1n) is 6.42. The Morgan fingerprint density at radius 1 is 1.29 bits per heavy atom. The molecule has 2 fully saturated rings. The molecule has 1 saturated heterocycles. The molecule has 0 amide bonds. The third kappa shape index (κ3) is 1.80. The van der Waals surface area contributed by atoms with Crippen LogP contribution in [0.4, 0.5) is 0 Å². The molecular weight excluding hydrogens is 232 g/mol. The van der Waals surface area contributed by atoms with E-state index in [4.69, 9.17) is 16.3 Å². The predicted molar refractivity (Wildman–Crippen MR) is 70.3 cm³/mol. The van der Waals surface area contributed by atoms with Crippen LogP contribution in [-0.4, -0.2) is 12.2 Å². The van der Waals surface area contributed by atoms with Crippen LogP contribution in [0.15, 0.2) is 24.3 Å². The highest BCUT2D eigenvalue weighted by Gasteiger charge is 2.64. The number of ether oxygens (including phenoxy) is 1. The van der Waals surface area contributed by atoms with E-state index in [0.29, 0.717) is 11.3 Å². The summed E-state index contributed by atoms with van der Waals surface area (Å²) in [5, 5.41) is 0.817. The minimum atomic E-state index is 0.173. The lowest BCUT2D eigenvalue weighted by Gasteiger charge is -2.27. The van der Waals surface area contributed by atoms with E-state index >= 15 is 0 Å². The van der Waals surface area contributed by atoms with Crippen molar-refractivity contribution in [3.05, 3.63) is 34.9 Å². The molecule has 0 bridgehead atoms. The van der Waals surface area contributed by atoms with Gasteiger partial charge in [-0.05, 0) is 48.3 Å². The van der Waals surface area contributed by atoms with Gasteiger partial charge in [0.15, 0.2) is 0 Å². The van der Waals surface area contributed by atoms with Crippen LogP contribution < -0.4 is 0 Å². The molecule has 1 nitrogen and oxygen atoms in total. The van der Waals surface area contributed by atoms with Gasteiger partial charge in [-0.2, -0.15) is 0 Å². The smallest absolute Gasteiger partial charge is 0.0998 e. The van der Waals surface area contributed by atoms with Crippen molar-refractivity contribution in [1.29, 1.82) is 0 Å². The molecule has 0 aromatic heterocycles. The summed E-state index contributed by atoms with van der Waals surface area (Å²) in [4.78, 5) is 0. The molecule has 17 heavy (non-hydrogen) atoms. The van der Waals surface area contributed by atoms with Gasteiger partial charge in [-0.15, -0.1) is 0 Å². The van der Waals surface area contributed by atoms with Crippen LogP contribution in [0.1, 0.15) is 32.3 Å². The molecule has 1 aromatic rings. The van der Waals surface area contributed by atoms with Crippen molar-refractivity contribution in [2.75, 3.05) is 6.61 Å². The van der Waals surface area contributed by atoms with E-state index in [1.807, 2.05) is 12.1 Å². The Labute approximate surface area is 108 Å². The first kappa shape index (κ1) is 11.6. The van der Waals surface area contributed by atoms with Gasteiger partial charge in [0, 0.05) is 5.02 Å². The molecule has 92 valence electrons. The van der Waals surface area contributed by atoms with Crippen LogP contribution in [-0.2, 0) is 11.2 Å². The quantitative estimate of drug-likeness (QED) is 0.721. The summed E-state index contributed by atoms with van der Waals surface area (Å²) < 4.78 is 5.85. The Morgan fingerprint density at radius 3 is 2.53 bits per heavy atom. The number of benzene rings is 1. The molecule has 1 heterocycles. The van der Waals surface area contributed by atoms with Gasteiger partial charge in [-0.1, -0.05) is 37.6 Å². The molecule has 1 aromatic carbocycles. The first-order chi connectivity index (χ1) is 8.03. The lowest BCUT2D eigenvalue weighted by Crippen LogP contribution is -2.33. The van der Waals surface area contributed by atoms with Crippen molar-refractivity contribution in [3.8, 4) is 0 Å². The number of rotatable bonds is 2. The van der Waals surface area contributed by atoms with Crippen molar-refractivity contribution in [2.24, 2.45) is 11.3 Å². The summed E-state index contributed by atoms with van der Waals surface area (Å²) in [5.41, 5.74) is 1.91. The van der Waals surface area contributed by atoms with E-state index < -0.39 is 0 Å². The zero-order valence-electron chi connectivity index (χ0n) is 10.5. The zero-order valence-corrected chi connectivity index (χ0v) is 11.3. The second-order valence-electron chi connectivity index (χ2n) is 6.13. The van der Waals surface area contributed by atoms with Crippen molar-refractivity contribution in [2.45, 2.75) is 38.7 Å². The van der Waals surface area contributed by atoms with Gasteiger partial charge in [0.25, 0.3) is 0 Å². The lowest BCUT2D eigenvalue weighted by molar-refractivity contribution is 0.136. The summed E-state index contributed by atoms with van der Waals surface area (Å²) >= 11 is 5.92. The second kappa shape index (κ2) is 3.73. The largest absolute Gasteiger partial charge is 0.369 e. The fourth-order valence-corrected chi connectivity index (χ4v) is 3.53. The molecule has 0 radical (unpaired) electrons. The van der Waals surface area contributed by atoms with E-state index in [2.05, 4.69) is 26.0 Å². The summed E-state index contributed by atoms with van der Waals surface area (Å²) in [5.74, 6) is 0.679. The normalized spacial score (nSPS) is 34.2. The van der Waals surface area contributed by atoms with Gasteiger partial charge in [0.05, 0.1) is 12.2 Å². The highest BCUT2D eigenvalue weighted by molar-refractivity contribution is 6.30. The van der Waals surface area contributed by atoms with Gasteiger partial charge in [0.1, 0.15) is 0 Å². The van der Waals surface area contributed by atoms with E-state index in [0.717, 1.165) is 18.1 Å². The van der Waals surface area contributed by atoms with Gasteiger partial charge < -0.3 is 4.74 Å². The average molecular weight is 251 g/mol. The highest BCUT2D eigenvalue weighted by atomic mass is 35.5. The molecule has 1 unspecified atom stereocenters. The third-order valence-corrected chi connectivity index (χ3v) is 5.03. The van der Waals surface area contributed by atoms with Crippen LogP contribution in [0.5, 0.6) is 0 Å². The minimum Gasteiger partial charge on any atom is -0.369 e. The predicted octanol–water partition coefficient (Wildman–Crippen LogP) is 4.09. The Bertz CT molecular complexity index is 417. The molecule has 1 aliphatic carbocycles. The fraction of sp³-hybridized carbons (Fsp3) is 0.600. The highest BCUT2D eigenvalue weighted by Crippen LogP contribution is 2.59. The Kier molecular flexibility index (Phi) is 2.53. The maximum Gasteiger partial charge on any atom is 0.0998 e. The standard InChI is InChI=1S/C15H19ClO/c1-14(2)8-7-12(15(14)10-17-15)9-11-3-5-13(16)6-4-11/h3-6,12H,7-10H2,1-2H3/t12?,15-/m0/s1. The van der Waals surface area contributed by atoms with Gasteiger partial charge in [-0.3, -0.25) is 0 Å². The molecular formula is C15H19ClO. The summed E-state index contributed by atoms with van der Waals surface area (Å²) in [6, 6.07) is 8.25. The first-order valence-corrected chi connectivity index (χ1v) is 6.80. The number of hydrogen-bond donors (Lipinski definition) is 0. The van der Waals surface area contributed by atoms with Crippen molar-refractivity contribution in [1.82, 2.24) is 0 Å². The fourth-order valence-electron chi connectivity index (χ4n) is 3.41. The maximum absolute atomic E-state index is 5.92. The number of halogens is 1. The number of hydrogen-bond acceptors (Lipinski definition) is 1. The van der Waals surface area contributed by atoms with E-state index in [1.54, 1.807) is 0 Å². The van der Waals surface area contributed by atoms with Crippen molar-refractivity contribution in [3.63, 3.8) is 0 Å². The van der Waals surface area contributed by atoms with Crippen LogP contribution in [0, 0.1) is 11.3 Å². The van der Waals surface area contributed by atoms with Gasteiger partial charge in [0.2, 0.25) is 0 Å². The Hall–Kier alpha value is -0.530. The minimum absolute atomic E-state index is 0.173. The molecule has 1 aliphatic heterocycles. The monoisotopic (exact) mass is 250 g/mol. The van der Waals surface area contributed by atoms with E-state index in [9.17, 15) is 0 Å². The molecule has 2 aliphatic rings. The topological polar surface area (TPSA) is 12.5 Å². The van der Waals surface area contributed by atoms with Crippen molar-refractivity contribution >= 4 is 11.6 Å². The summed E-state index contributed by atoms with van der Waals surface area (Å²) in [6.45, 7) is 5.65. The van der Waals surface area contributed by atoms with Crippen LogP contribution in [0.2, 0.25) is 5.02 Å². The molecule has 1 saturated carbocycles. The molecule has 0 N–H and O–H groups in total.